The predicted octanol–water partition coefficient (Wildman–Crippen LogP) is 2.32. The average Bonchev–Trinajstić information content (AvgIpc) is 2.48. The topological polar surface area (TPSA) is 49.0 Å². The lowest BCUT2D eigenvalue weighted by Gasteiger charge is -2.11. The highest BCUT2D eigenvalue weighted by molar-refractivity contribution is 7.98. The summed E-state index contributed by atoms with van der Waals surface area (Å²) in [4.78, 5) is 19.6. The minimum absolute atomic E-state index is 0.0198. The summed E-state index contributed by atoms with van der Waals surface area (Å²) >= 11 is 1.65. The molecule has 0 aliphatic heterocycles. The molecule has 0 aliphatic carbocycles. The van der Waals surface area contributed by atoms with Crippen molar-refractivity contribution in [3.05, 3.63) is 51.2 Å². The molecular weight excluding hydrogens is 282 g/mol. The Morgan fingerprint density at radius 3 is 2.76 bits per heavy atom. The molecule has 0 atom stereocenters. The van der Waals surface area contributed by atoms with Crippen molar-refractivity contribution < 1.29 is 4.98 Å². The zero-order valence-corrected chi connectivity index (χ0v) is 13.9. The molecule has 0 saturated carbocycles. The van der Waals surface area contributed by atoms with Crippen LogP contribution in [0, 0.1) is 6.92 Å². The van der Waals surface area contributed by atoms with Gasteiger partial charge >= 0.3 is 10.7 Å². The molecule has 2 aromatic heterocycles. The molecule has 0 saturated heterocycles. The van der Waals surface area contributed by atoms with Crippen molar-refractivity contribution in [2.24, 2.45) is 7.05 Å². The fourth-order valence-electron chi connectivity index (χ4n) is 2.34. The van der Waals surface area contributed by atoms with Crippen LogP contribution in [0.2, 0.25) is 0 Å². The number of hydrogen-bond acceptors (Lipinski definition) is 3. The Hall–Kier alpha value is -1.62. The van der Waals surface area contributed by atoms with Crippen molar-refractivity contribution in [2.75, 3.05) is 0 Å². The van der Waals surface area contributed by atoms with Crippen LogP contribution in [-0.4, -0.2) is 9.55 Å². The van der Waals surface area contributed by atoms with Crippen LogP contribution < -0.4 is 10.5 Å². The van der Waals surface area contributed by atoms with Crippen LogP contribution in [0.1, 0.15) is 36.4 Å². The predicted molar refractivity (Wildman–Crippen MR) is 85.5 cm³/mol. The third kappa shape index (κ3) is 3.53. The minimum Gasteiger partial charge on any atom is -0.261 e. The number of nitrogens with zero attached hydrogens (tertiary/aromatic N) is 2. The second-order valence-corrected chi connectivity index (χ2v) is 6.01. The van der Waals surface area contributed by atoms with Crippen LogP contribution in [0.15, 0.2) is 28.3 Å². The number of aryl methyl sites for hydroxylation is 3. The molecule has 2 heterocycles. The van der Waals surface area contributed by atoms with Gasteiger partial charge in [-0.05, 0) is 48.7 Å². The molecule has 0 unspecified atom stereocenters. The zero-order chi connectivity index (χ0) is 15.4. The van der Waals surface area contributed by atoms with Crippen molar-refractivity contribution in [1.29, 1.82) is 0 Å². The molecule has 0 radical (unpaired) electrons. The molecule has 0 amide bonds. The van der Waals surface area contributed by atoms with E-state index in [1.165, 1.54) is 11.1 Å². The van der Waals surface area contributed by atoms with Gasteiger partial charge in [-0.15, -0.1) is 0 Å². The Morgan fingerprint density at radius 1 is 1.33 bits per heavy atom. The first kappa shape index (κ1) is 15.8. The largest absolute Gasteiger partial charge is 0.338 e. The SMILES string of the molecule is CCc1ccnc(CC)c1CSc1[nH+]c(C)cc(=O)n1C. The Kier molecular flexibility index (Phi) is 5.17. The number of pyridine rings is 1. The highest BCUT2D eigenvalue weighted by Crippen LogP contribution is 2.23. The van der Waals surface area contributed by atoms with Gasteiger partial charge in [-0.2, -0.15) is 4.57 Å². The number of aromatic nitrogens is 3. The Morgan fingerprint density at radius 2 is 2.10 bits per heavy atom. The number of hydrogen-bond donors (Lipinski definition) is 0. The summed E-state index contributed by atoms with van der Waals surface area (Å²) in [5.41, 5.74) is 4.70. The van der Waals surface area contributed by atoms with Gasteiger partial charge in [-0.25, -0.2) is 9.78 Å². The Bertz CT molecular complexity index is 672. The third-order valence-corrected chi connectivity index (χ3v) is 4.67. The summed E-state index contributed by atoms with van der Waals surface area (Å²) < 4.78 is 1.66. The highest BCUT2D eigenvalue weighted by Gasteiger charge is 2.14. The monoisotopic (exact) mass is 304 g/mol. The summed E-state index contributed by atoms with van der Waals surface area (Å²) in [7, 11) is 1.80. The van der Waals surface area contributed by atoms with Gasteiger partial charge in [0.25, 0.3) is 0 Å². The van der Waals surface area contributed by atoms with Gasteiger partial charge in [-0.3, -0.25) is 4.98 Å². The van der Waals surface area contributed by atoms with E-state index in [1.54, 1.807) is 29.4 Å². The van der Waals surface area contributed by atoms with Crippen LogP contribution in [-0.2, 0) is 25.6 Å². The van der Waals surface area contributed by atoms with E-state index in [0.29, 0.717) is 0 Å². The van der Waals surface area contributed by atoms with Gasteiger partial charge in [0, 0.05) is 17.6 Å². The summed E-state index contributed by atoms with van der Waals surface area (Å²) in [6, 6.07) is 3.71. The van der Waals surface area contributed by atoms with E-state index in [9.17, 15) is 4.79 Å². The first-order valence-corrected chi connectivity index (χ1v) is 8.23. The molecule has 5 heteroatoms. The number of H-pyrrole nitrogens is 1. The van der Waals surface area contributed by atoms with Gasteiger partial charge in [0.1, 0.15) is 5.69 Å². The molecule has 2 rings (SSSR count). The maximum Gasteiger partial charge on any atom is 0.338 e. The second-order valence-electron chi connectivity index (χ2n) is 5.05. The third-order valence-electron chi connectivity index (χ3n) is 3.59. The molecule has 1 N–H and O–H groups in total. The molecular formula is C16H22N3OS+. The molecule has 0 fully saturated rings. The molecule has 0 aromatic carbocycles. The highest BCUT2D eigenvalue weighted by atomic mass is 32.2. The number of thioether (sulfide) groups is 1. The fraction of sp³-hybridized carbons (Fsp3) is 0.438. The van der Waals surface area contributed by atoms with E-state index >= 15 is 0 Å². The molecule has 21 heavy (non-hydrogen) atoms. The second kappa shape index (κ2) is 6.89. The molecule has 112 valence electrons. The Labute approximate surface area is 129 Å². The van der Waals surface area contributed by atoms with Gasteiger partial charge in [-0.1, -0.05) is 13.8 Å². The van der Waals surface area contributed by atoms with Gasteiger partial charge in [0.15, 0.2) is 0 Å². The summed E-state index contributed by atoms with van der Waals surface area (Å²) in [5, 5.41) is 0.882. The van der Waals surface area contributed by atoms with Crippen LogP contribution in [0.3, 0.4) is 0 Å². The van der Waals surface area contributed by atoms with Crippen LogP contribution in [0.4, 0.5) is 0 Å². The van der Waals surface area contributed by atoms with Crippen LogP contribution >= 0.6 is 11.8 Å². The van der Waals surface area contributed by atoms with E-state index in [0.717, 1.165) is 35.1 Å². The van der Waals surface area contributed by atoms with E-state index in [2.05, 4.69) is 29.9 Å². The number of nitrogens with one attached hydrogen (secondary N) is 1. The zero-order valence-electron chi connectivity index (χ0n) is 13.1. The van der Waals surface area contributed by atoms with Gasteiger partial charge in [0.2, 0.25) is 0 Å². The van der Waals surface area contributed by atoms with Crippen molar-refractivity contribution in [1.82, 2.24) is 9.55 Å². The fourth-order valence-corrected chi connectivity index (χ4v) is 3.49. The molecule has 0 spiro atoms. The molecule has 0 aliphatic rings. The first-order chi connectivity index (χ1) is 10.1. The number of rotatable bonds is 5. The normalized spacial score (nSPS) is 10.9. The maximum absolute atomic E-state index is 11.8. The summed E-state index contributed by atoms with van der Waals surface area (Å²) in [5.74, 6) is 0.827. The van der Waals surface area contributed by atoms with E-state index in [1.807, 2.05) is 13.1 Å². The van der Waals surface area contributed by atoms with Crippen molar-refractivity contribution in [3.63, 3.8) is 0 Å². The molecule has 4 nitrogen and oxygen atoms in total. The summed E-state index contributed by atoms with van der Waals surface area (Å²) in [6.07, 6.45) is 3.82. The lowest BCUT2D eigenvalue weighted by atomic mass is 10.0. The lowest BCUT2D eigenvalue weighted by Crippen LogP contribution is -2.28. The van der Waals surface area contributed by atoms with Crippen molar-refractivity contribution >= 4 is 11.8 Å². The first-order valence-electron chi connectivity index (χ1n) is 7.25. The lowest BCUT2D eigenvalue weighted by molar-refractivity contribution is -0.446. The van der Waals surface area contributed by atoms with Crippen LogP contribution in [0.25, 0.3) is 0 Å². The maximum atomic E-state index is 11.8. The van der Waals surface area contributed by atoms with Gasteiger partial charge < -0.3 is 0 Å². The number of aromatic amines is 1. The van der Waals surface area contributed by atoms with E-state index < -0.39 is 0 Å². The minimum atomic E-state index is 0.0198. The molecule has 2 aromatic rings. The van der Waals surface area contributed by atoms with E-state index in [-0.39, 0.29) is 5.56 Å². The molecule has 0 bridgehead atoms. The summed E-state index contributed by atoms with van der Waals surface area (Å²) in [6.45, 7) is 6.20. The van der Waals surface area contributed by atoms with E-state index in [4.69, 9.17) is 0 Å². The van der Waals surface area contributed by atoms with Crippen molar-refractivity contribution in [3.8, 4) is 0 Å². The average molecular weight is 304 g/mol. The Balaban J connectivity index is 2.30. The van der Waals surface area contributed by atoms with Gasteiger partial charge in [0.05, 0.1) is 13.1 Å². The quantitative estimate of drug-likeness (QED) is 0.629. The van der Waals surface area contributed by atoms with Crippen LogP contribution in [0.5, 0.6) is 0 Å². The standard InChI is InChI=1S/C16H21N3OS/c1-5-12-7-8-17-14(6-2)13(12)10-21-16-18-11(3)9-15(20)19(16)4/h7-9H,5-6,10H2,1-4H3/p+1. The smallest absolute Gasteiger partial charge is 0.261 e. The van der Waals surface area contributed by atoms with Crippen molar-refractivity contribution in [2.45, 2.75) is 44.5 Å².